The smallest absolute Gasteiger partial charge is 0.228 e. The van der Waals surface area contributed by atoms with Gasteiger partial charge in [0, 0.05) is 11.6 Å². The van der Waals surface area contributed by atoms with Crippen LogP contribution in [0.4, 0.5) is 0 Å². The van der Waals surface area contributed by atoms with E-state index in [4.69, 9.17) is 4.74 Å². The molecule has 0 fully saturated rings. The first kappa shape index (κ1) is 20.1. The highest BCUT2D eigenvalue weighted by atomic mass is 16.5. The average Bonchev–Trinajstić information content (AvgIpc) is 2.68. The lowest BCUT2D eigenvalue weighted by atomic mass is 9.78. The highest BCUT2D eigenvalue weighted by molar-refractivity contribution is 6.07. The Morgan fingerprint density at radius 2 is 1.71 bits per heavy atom. The van der Waals surface area contributed by atoms with Gasteiger partial charge >= 0.3 is 0 Å². The van der Waals surface area contributed by atoms with Crippen LogP contribution in [0.3, 0.4) is 0 Å². The second-order valence-electron chi connectivity index (χ2n) is 10.5. The quantitative estimate of drug-likeness (QED) is 0.276. The van der Waals surface area contributed by atoms with Crippen molar-refractivity contribution in [1.82, 2.24) is 0 Å². The summed E-state index contributed by atoms with van der Waals surface area (Å²) in [5.74, 6) is 2.63. The molecule has 1 aliphatic rings. The Balaban J connectivity index is 1.96. The summed E-state index contributed by atoms with van der Waals surface area (Å²) in [6.45, 7) is 13.7. The van der Waals surface area contributed by atoms with Gasteiger partial charge in [-0.3, -0.25) is 0 Å². The molecule has 4 aromatic rings. The number of fused-ring (bicyclic) bond motifs is 3. The number of benzene rings is 3. The molecule has 0 N–H and O–H groups in total. The van der Waals surface area contributed by atoms with E-state index in [0.29, 0.717) is 5.92 Å². The van der Waals surface area contributed by atoms with E-state index in [1.165, 1.54) is 49.5 Å². The second-order valence-corrected chi connectivity index (χ2v) is 10.5. The first-order valence-corrected chi connectivity index (χ1v) is 11.4. The monoisotopic (exact) mass is 410 g/mol. The van der Waals surface area contributed by atoms with Crippen LogP contribution in [0.15, 0.2) is 48.7 Å². The normalized spacial score (nSPS) is 13.0. The molecular formula is C29H32NO+. The molecule has 3 aromatic carbocycles. The first-order valence-electron chi connectivity index (χ1n) is 11.4. The van der Waals surface area contributed by atoms with Gasteiger partial charge in [-0.25, -0.2) is 4.57 Å². The minimum Gasteiger partial charge on any atom is -0.455 e. The van der Waals surface area contributed by atoms with Crippen molar-refractivity contribution in [2.75, 3.05) is 0 Å². The highest BCUT2D eigenvalue weighted by Crippen LogP contribution is 2.53. The Morgan fingerprint density at radius 3 is 2.39 bits per heavy atom. The molecule has 2 heterocycles. The number of ether oxygens (including phenoxy) is 1. The van der Waals surface area contributed by atoms with E-state index in [9.17, 15) is 0 Å². The molecule has 0 atom stereocenters. The Labute approximate surface area is 185 Å². The van der Waals surface area contributed by atoms with Gasteiger partial charge in [0.05, 0.1) is 10.9 Å². The van der Waals surface area contributed by atoms with Crippen LogP contribution in [-0.4, -0.2) is 0 Å². The fraction of sp³-hybridized carbons (Fsp3) is 0.345. The van der Waals surface area contributed by atoms with Gasteiger partial charge in [-0.2, -0.15) is 0 Å². The predicted octanol–water partition coefficient (Wildman–Crippen LogP) is 7.39. The lowest BCUT2D eigenvalue weighted by molar-refractivity contribution is -0.659. The zero-order chi connectivity index (χ0) is 22.1. The maximum Gasteiger partial charge on any atom is 0.228 e. The van der Waals surface area contributed by atoms with Crippen molar-refractivity contribution in [3.8, 4) is 22.8 Å². The van der Waals surface area contributed by atoms with Crippen LogP contribution in [0.2, 0.25) is 0 Å². The summed E-state index contributed by atoms with van der Waals surface area (Å²) in [5, 5.41) is 5.09. The van der Waals surface area contributed by atoms with Crippen molar-refractivity contribution in [2.24, 2.45) is 13.0 Å². The maximum absolute atomic E-state index is 6.86. The van der Waals surface area contributed by atoms with Crippen molar-refractivity contribution < 1.29 is 9.30 Å². The van der Waals surface area contributed by atoms with Crippen LogP contribution >= 0.6 is 0 Å². The van der Waals surface area contributed by atoms with Gasteiger partial charge in [0.15, 0.2) is 6.20 Å². The molecule has 31 heavy (non-hydrogen) atoms. The topological polar surface area (TPSA) is 13.1 Å². The van der Waals surface area contributed by atoms with E-state index in [1.807, 2.05) is 0 Å². The third kappa shape index (κ3) is 3.04. The standard InChI is InChI=1S/C29H32NO/c1-17(2)14-19-15-20-12-13-30(7)27-24-18(3)21-10-8-9-11-22(21)26(29(4,5)6)28(24)31-23(16-19)25(20)27/h8-13,15-17H,14H2,1-7H3/q+1. The van der Waals surface area contributed by atoms with E-state index in [2.05, 4.69) is 102 Å². The van der Waals surface area contributed by atoms with Crippen LogP contribution in [0.5, 0.6) is 11.5 Å². The number of hydrogen-bond acceptors (Lipinski definition) is 1. The SMILES string of the molecule is Cc1c2c(c(C(C)(C)C)c3ccccc13)Oc1cc(CC(C)C)cc3cc[n+](C)c-2c13. The van der Waals surface area contributed by atoms with E-state index in [1.54, 1.807) is 0 Å². The molecule has 158 valence electrons. The van der Waals surface area contributed by atoms with Crippen molar-refractivity contribution in [3.05, 3.63) is 65.4 Å². The molecular weight excluding hydrogens is 378 g/mol. The lowest BCUT2D eigenvalue weighted by Gasteiger charge is -2.30. The zero-order valence-corrected chi connectivity index (χ0v) is 19.8. The van der Waals surface area contributed by atoms with Crippen LogP contribution in [-0.2, 0) is 18.9 Å². The third-order valence-corrected chi connectivity index (χ3v) is 6.53. The van der Waals surface area contributed by atoms with E-state index in [-0.39, 0.29) is 5.41 Å². The molecule has 0 saturated carbocycles. The molecule has 0 amide bonds. The van der Waals surface area contributed by atoms with Crippen molar-refractivity contribution in [3.63, 3.8) is 0 Å². The number of hydrogen-bond donors (Lipinski definition) is 0. The molecule has 1 aliphatic heterocycles. The maximum atomic E-state index is 6.86. The fourth-order valence-corrected chi connectivity index (χ4v) is 5.32. The van der Waals surface area contributed by atoms with E-state index in [0.717, 1.165) is 17.9 Å². The highest BCUT2D eigenvalue weighted by Gasteiger charge is 2.35. The predicted molar refractivity (Wildman–Crippen MR) is 130 cm³/mol. The number of pyridine rings is 1. The minimum absolute atomic E-state index is 0.0447. The van der Waals surface area contributed by atoms with Crippen LogP contribution < -0.4 is 9.30 Å². The van der Waals surface area contributed by atoms with Crippen molar-refractivity contribution in [2.45, 2.75) is 53.4 Å². The molecule has 1 aromatic heterocycles. The lowest BCUT2D eigenvalue weighted by Crippen LogP contribution is -2.32. The van der Waals surface area contributed by atoms with Crippen LogP contribution in [0, 0.1) is 12.8 Å². The van der Waals surface area contributed by atoms with Gasteiger partial charge in [0.1, 0.15) is 18.5 Å². The Kier molecular flexibility index (Phi) is 4.41. The minimum atomic E-state index is -0.0447. The molecule has 5 rings (SSSR count). The zero-order valence-electron chi connectivity index (χ0n) is 19.8. The Hall–Kier alpha value is -2.87. The molecule has 0 unspecified atom stereocenters. The van der Waals surface area contributed by atoms with Crippen LogP contribution in [0.1, 0.15) is 51.3 Å². The number of nitrogens with zero attached hydrogens (tertiary/aromatic N) is 1. The van der Waals surface area contributed by atoms with Gasteiger partial charge in [-0.15, -0.1) is 0 Å². The van der Waals surface area contributed by atoms with Gasteiger partial charge < -0.3 is 4.74 Å². The second kappa shape index (κ2) is 6.82. The number of rotatable bonds is 2. The van der Waals surface area contributed by atoms with Gasteiger partial charge in [-0.05, 0) is 58.0 Å². The summed E-state index contributed by atoms with van der Waals surface area (Å²) in [7, 11) is 2.15. The summed E-state index contributed by atoms with van der Waals surface area (Å²) in [6, 6.07) is 15.6. The molecule has 2 heteroatoms. The van der Waals surface area contributed by atoms with Gasteiger partial charge in [-0.1, -0.05) is 65.0 Å². The van der Waals surface area contributed by atoms with Crippen molar-refractivity contribution in [1.29, 1.82) is 0 Å². The third-order valence-electron chi connectivity index (χ3n) is 6.53. The van der Waals surface area contributed by atoms with Crippen LogP contribution in [0.25, 0.3) is 32.8 Å². The molecule has 0 spiro atoms. The number of aromatic nitrogens is 1. The molecule has 2 nitrogen and oxygen atoms in total. The van der Waals surface area contributed by atoms with Crippen molar-refractivity contribution >= 4 is 21.5 Å². The summed E-state index contributed by atoms with van der Waals surface area (Å²) in [6.07, 6.45) is 3.25. The van der Waals surface area contributed by atoms with E-state index < -0.39 is 0 Å². The van der Waals surface area contributed by atoms with Gasteiger partial charge in [0.25, 0.3) is 0 Å². The molecule has 0 radical (unpaired) electrons. The summed E-state index contributed by atoms with van der Waals surface area (Å²) in [5.41, 5.74) is 6.38. The number of aryl methyl sites for hydroxylation is 2. The molecule has 0 saturated heterocycles. The average molecular weight is 411 g/mol. The largest absolute Gasteiger partial charge is 0.455 e. The molecule has 0 bridgehead atoms. The summed E-state index contributed by atoms with van der Waals surface area (Å²) >= 11 is 0. The molecule has 0 aliphatic carbocycles. The summed E-state index contributed by atoms with van der Waals surface area (Å²) in [4.78, 5) is 0. The Morgan fingerprint density at radius 1 is 1.00 bits per heavy atom. The van der Waals surface area contributed by atoms with Gasteiger partial charge in [0.2, 0.25) is 5.69 Å². The van der Waals surface area contributed by atoms with E-state index >= 15 is 0 Å². The first-order chi connectivity index (χ1) is 14.7. The fourth-order valence-electron chi connectivity index (χ4n) is 5.32. The summed E-state index contributed by atoms with van der Waals surface area (Å²) < 4.78 is 9.13. The Bertz CT molecular complexity index is 1360.